The zero-order valence-corrected chi connectivity index (χ0v) is 13.4. The molecule has 0 spiro atoms. The molecule has 3 nitrogen and oxygen atoms in total. The van der Waals surface area contributed by atoms with Crippen LogP contribution in [0.4, 0.5) is 5.13 Å². The second kappa shape index (κ2) is 5.62. The van der Waals surface area contributed by atoms with Crippen molar-refractivity contribution in [2.75, 3.05) is 23.7 Å². The van der Waals surface area contributed by atoms with Crippen molar-refractivity contribution in [1.29, 1.82) is 0 Å². The van der Waals surface area contributed by atoms with Crippen LogP contribution < -0.4 is 10.2 Å². The lowest BCUT2D eigenvalue weighted by Gasteiger charge is -2.22. The Labute approximate surface area is 124 Å². The minimum absolute atomic E-state index is 0.419. The number of thioether (sulfide) groups is 1. The molecular formula is C14H23N3S2. The van der Waals surface area contributed by atoms with Crippen molar-refractivity contribution >= 4 is 28.2 Å². The van der Waals surface area contributed by atoms with Crippen LogP contribution in [0.5, 0.6) is 0 Å². The highest BCUT2D eigenvalue weighted by atomic mass is 32.2. The Hall–Kier alpha value is -0.260. The lowest BCUT2D eigenvalue weighted by Crippen LogP contribution is -2.26. The van der Waals surface area contributed by atoms with Crippen molar-refractivity contribution in [3.8, 4) is 0 Å². The molecule has 1 aliphatic heterocycles. The number of anilines is 1. The molecule has 2 heterocycles. The van der Waals surface area contributed by atoms with Gasteiger partial charge in [-0.05, 0) is 19.3 Å². The molecule has 2 aliphatic rings. The fraction of sp³-hybridized carbons (Fsp3) is 0.786. The van der Waals surface area contributed by atoms with Crippen LogP contribution in [0.2, 0.25) is 0 Å². The Bertz CT molecular complexity index is 426. The van der Waals surface area contributed by atoms with Crippen molar-refractivity contribution in [3.05, 3.63) is 11.1 Å². The van der Waals surface area contributed by atoms with Gasteiger partial charge in [0.25, 0.3) is 0 Å². The molecule has 3 rings (SSSR count). The molecule has 0 aromatic carbocycles. The van der Waals surface area contributed by atoms with E-state index in [0.717, 1.165) is 25.7 Å². The van der Waals surface area contributed by atoms with Gasteiger partial charge in [-0.1, -0.05) is 13.8 Å². The number of thiazole rings is 1. The van der Waals surface area contributed by atoms with E-state index < -0.39 is 0 Å². The first-order valence-corrected chi connectivity index (χ1v) is 9.06. The maximum Gasteiger partial charge on any atom is 0.185 e. The van der Waals surface area contributed by atoms with Gasteiger partial charge in [-0.15, -0.1) is 11.3 Å². The largest absolute Gasteiger partial charge is 0.347 e. The molecule has 0 atom stereocenters. The van der Waals surface area contributed by atoms with E-state index in [1.807, 2.05) is 0 Å². The molecule has 0 amide bonds. The van der Waals surface area contributed by atoms with Gasteiger partial charge in [-0.2, -0.15) is 11.8 Å². The first-order valence-electron chi connectivity index (χ1n) is 7.19. The number of hydrogen-bond donors (Lipinski definition) is 1. The molecule has 1 saturated heterocycles. The summed E-state index contributed by atoms with van der Waals surface area (Å²) in [4.78, 5) is 7.26. The zero-order valence-electron chi connectivity index (χ0n) is 11.8. The summed E-state index contributed by atoms with van der Waals surface area (Å²) in [6.45, 7) is 7.93. The van der Waals surface area contributed by atoms with Crippen molar-refractivity contribution < 1.29 is 0 Å². The Balaban J connectivity index is 1.58. The van der Waals surface area contributed by atoms with Crippen LogP contribution >= 0.6 is 23.1 Å². The third-order valence-electron chi connectivity index (χ3n) is 3.80. The summed E-state index contributed by atoms with van der Waals surface area (Å²) in [6, 6.07) is 0.764. The molecule has 106 valence electrons. The van der Waals surface area contributed by atoms with Crippen LogP contribution in [0, 0.1) is 0 Å². The molecule has 19 heavy (non-hydrogen) atoms. The second-order valence-electron chi connectivity index (χ2n) is 6.12. The molecule has 0 radical (unpaired) electrons. The van der Waals surface area contributed by atoms with Gasteiger partial charge in [0.2, 0.25) is 0 Å². The third kappa shape index (κ3) is 3.86. The number of hydrogen-bond acceptors (Lipinski definition) is 5. The first-order chi connectivity index (χ1) is 9.12. The van der Waals surface area contributed by atoms with Crippen LogP contribution in [0.15, 0.2) is 5.38 Å². The van der Waals surface area contributed by atoms with Gasteiger partial charge in [-0.25, -0.2) is 4.98 Å². The molecular weight excluding hydrogens is 274 g/mol. The summed E-state index contributed by atoms with van der Waals surface area (Å²) < 4.78 is 0.419. The summed E-state index contributed by atoms with van der Waals surface area (Å²) in [5.41, 5.74) is 1.21. The molecule has 0 unspecified atom stereocenters. The minimum atomic E-state index is 0.419. The SMILES string of the molecule is CC1(C)CCN(c2nc(CNC3CC3)cs2)CCS1. The maximum absolute atomic E-state index is 4.80. The molecule has 1 N–H and O–H groups in total. The van der Waals surface area contributed by atoms with E-state index in [1.165, 1.54) is 35.8 Å². The highest BCUT2D eigenvalue weighted by Gasteiger charge is 2.25. The maximum atomic E-state index is 4.80. The second-order valence-corrected chi connectivity index (χ2v) is 8.76. The van der Waals surface area contributed by atoms with Crippen molar-refractivity contribution in [2.24, 2.45) is 0 Å². The number of nitrogens with one attached hydrogen (secondary N) is 1. The van der Waals surface area contributed by atoms with Crippen LogP contribution in [0.25, 0.3) is 0 Å². The van der Waals surface area contributed by atoms with Crippen LogP contribution in [0.3, 0.4) is 0 Å². The van der Waals surface area contributed by atoms with Gasteiger partial charge in [0, 0.05) is 41.6 Å². The Kier molecular flexibility index (Phi) is 4.06. The van der Waals surface area contributed by atoms with Crippen molar-refractivity contribution in [2.45, 2.75) is 50.4 Å². The molecule has 0 bridgehead atoms. The summed E-state index contributed by atoms with van der Waals surface area (Å²) in [5.74, 6) is 1.21. The molecule has 1 aromatic rings. The van der Waals surface area contributed by atoms with E-state index >= 15 is 0 Å². The summed E-state index contributed by atoms with van der Waals surface area (Å²) in [7, 11) is 0. The highest BCUT2D eigenvalue weighted by Crippen LogP contribution is 2.33. The topological polar surface area (TPSA) is 28.2 Å². The monoisotopic (exact) mass is 297 g/mol. The van der Waals surface area contributed by atoms with E-state index in [4.69, 9.17) is 4.98 Å². The third-order valence-corrected chi connectivity index (χ3v) is 6.12. The predicted octanol–water partition coefficient (Wildman–Crippen LogP) is 3.12. The van der Waals surface area contributed by atoms with E-state index in [9.17, 15) is 0 Å². The molecule has 2 fully saturated rings. The standard InChI is InChI=1S/C14H23N3S2/c1-14(2)5-6-17(7-8-19-14)13-16-12(10-18-13)9-15-11-3-4-11/h10-11,15H,3-9H2,1-2H3. The molecule has 1 aliphatic carbocycles. The first kappa shape index (κ1) is 13.7. The van der Waals surface area contributed by atoms with Gasteiger partial charge in [0.1, 0.15) is 0 Å². The van der Waals surface area contributed by atoms with Crippen LogP contribution in [-0.2, 0) is 6.54 Å². The summed E-state index contributed by atoms with van der Waals surface area (Å²) in [5, 5.41) is 6.97. The number of aromatic nitrogens is 1. The summed E-state index contributed by atoms with van der Waals surface area (Å²) >= 11 is 3.89. The quantitative estimate of drug-likeness (QED) is 0.924. The minimum Gasteiger partial charge on any atom is -0.347 e. The number of rotatable bonds is 4. The molecule has 5 heteroatoms. The number of nitrogens with zero attached hydrogens (tertiary/aromatic N) is 2. The average Bonchev–Trinajstić information content (AvgIpc) is 3.11. The van der Waals surface area contributed by atoms with E-state index in [1.54, 1.807) is 11.3 Å². The van der Waals surface area contributed by atoms with E-state index in [-0.39, 0.29) is 0 Å². The average molecular weight is 297 g/mol. The van der Waals surface area contributed by atoms with E-state index in [0.29, 0.717) is 4.75 Å². The smallest absolute Gasteiger partial charge is 0.185 e. The van der Waals surface area contributed by atoms with Crippen molar-refractivity contribution in [1.82, 2.24) is 10.3 Å². The normalized spacial score (nSPS) is 23.4. The molecule has 1 aromatic heterocycles. The predicted molar refractivity (Wildman–Crippen MR) is 85.3 cm³/mol. The Morgan fingerprint density at radius 3 is 3.05 bits per heavy atom. The lowest BCUT2D eigenvalue weighted by molar-refractivity contribution is 0.635. The Morgan fingerprint density at radius 1 is 1.42 bits per heavy atom. The van der Waals surface area contributed by atoms with Gasteiger partial charge in [0.05, 0.1) is 5.69 Å². The van der Waals surface area contributed by atoms with E-state index in [2.05, 4.69) is 41.2 Å². The van der Waals surface area contributed by atoms with Gasteiger partial charge >= 0.3 is 0 Å². The highest BCUT2D eigenvalue weighted by molar-refractivity contribution is 8.00. The summed E-state index contributed by atoms with van der Waals surface area (Å²) in [6.07, 6.45) is 3.93. The Morgan fingerprint density at radius 2 is 2.26 bits per heavy atom. The van der Waals surface area contributed by atoms with Crippen molar-refractivity contribution in [3.63, 3.8) is 0 Å². The zero-order chi connectivity index (χ0) is 13.3. The van der Waals surface area contributed by atoms with Gasteiger partial charge in [-0.3, -0.25) is 0 Å². The van der Waals surface area contributed by atoms with Gasteiger partial charge < -0.3 is 10.2 Å². The lowest BCUT2D eigenvalue weighted by atomic mass is 10.1. The van der Waals surface area contributed by atoms with Gasteiger partial charge in [0.15, 0.2) is 5.13 Å². The van der Waals surface area contributed by atoms with Crippen LogP contribution in [-0.4, -0.2) is 34.6 Å². The fourth-order valence-corrected chi connectivity index (χ4v) is 4.25. The fourth-order valence-electron chi connectivity index (χ4n) is 2.27. The van der Waals surface area contributed by atoms with Crippen LogP contribution in [0.1, 0.15) is 38.8 Å². The molecule has 1 saturated carbocycles.